The van der Waals surface area contributed by atoms with Crippen LogP contribution in [0, 0.1) is 11.3 Å². The van der Waals surface area contributed by atoms with E-state index in [1.165, 1.54) is 37.9 Å². The van der Waals surface area contributed by atoms with Gasteiger partial charge in [0.2, 0.25) is 0 Å². The van der Waals surface area contributed by atoms with Gasteiger partial charge >= 0.3 is 0 Å². The van der Waals surface area contributed by atoms with Crippen LogP contribution in [0.5, 0.6) is 0 Å². The molecular weight excluding hydrogens is 244 g/mol. The molecule has 1 saturated carbocycles. The number of nitrogens with one attached hydrogen (secondary N) is 2. The second-order valence-corrected chi connectivity index (χ2v) is 7.27. The Morgan fingerprint density at radius 3 is 2.75 bits per heavy atom. The molecule has 2 fully saturated rings. The van der Waals surface area contributed by atoms with Crippen molar-refractivity contribution in [2.24, 2.45) is 11.3 Å². The van der Waals surface area contributed by atoms with Crippen molar-refractivity contribution in [1.82, 2.24) is 10.6 Å². The standard InChI is InChI=1S/C18H28N2/c1-18(2,15-9-6-10-19-12-15)13-20-17-11-16(17)14-7-4-3-5-8-14/h3-5,7-8,15-17,19-20H,6,9-13H2,1-2H3. The topological polar surface area (TPSA) is 24.1 Å². The minimum Gasteiger partial charge on any atom is -0.316 e. The molecule has 1 aromatic carbocycles. The van der Waals surface area contributed by atoms with Gasteiger partial charge in [0.15, 0.2) is 0 Å². The predicted octanol–water partition coefficient (Wildman–Crippen LogP) is 3.16. The number of benzene rings is 1. The molecule has 0 aromatic heterocycles. The van der Waals surface area contributed by atoms with Gasteiger partial charge in [0.05, 0.1) is 0 Å². The minimum absolute atomic E-state index is 0.400. The average Bonchev–Trinajstić information content (AvgIpc) is 3.27. The van der Waals surface area contributed by atoms with Crippen LogP contribution in [0.4, 0.5) is 0 Å². The van der Waals surface area contributed by atoms with E-state index in [1.807, 2.05) is 0 Å². The van der Waals surface area contributed by atoms with Gasteiger partial charge in [-0.2, -0.15) is 0 Å². The van der Waals surface area contributed by atoms with E-state index in [4.69, 9.17) is 0 Å². The molecule has 2 nitrogen and oxygen atoms in total. The monoisotopic (exact) mass is 272 g/mol. The zero-order valence-corrected chi connectivity index (χ0v) is 12.9. The van der Waals surface area contributed by atoms with Crippen LogP contribution in [0.3, 0.4) is 0 Å². The van der Waals surface area contributed by atoms with E-state index in [0.29, 0.717) is 11.5 Å². The fraction of sp³-hybridized carbons (Fsp3) is 0.667. The molecule has 1 saturated heterocycles. The van der Waals surface area contributed by atoms with Crippen molar-refractivity contribution < 1.29 is 0 Å². The molecule has 3 rings (SSSR count). The van der Waals surface area contributed by atoms with Gasteiger partial charge in [0.25, 0.3) is 0 Å². The van der Waals surface area contributed by atoms with Gasteiger partial charge in [0, 0.05) is 18.5 Å². The molecule has 1 aliphatic heterocycles. The lowest BCUT2D eigenvalue weighted by molar-refractivity contribution is 0.166. The van der Waals surface area contributed by atoms with E-state index < -0.39 is 0 Å². The van der Waals surface area contributed by atoms with Crippen LogP contribution in [0.25, 0.3) is 0 Å². The molecule has 1 heterocycles. The molecule has 0 spiro atoms. The van der Waals surface area contributed by atoms with Crippen LogP contribution in [-0.4, -0.2) is 25.7 Å². The fourth-order valence-corrected chi connectivity index (χ4v) is 3.55. The SMILES string of the molecule is CC(C)(CNC1CC1c1ccccc1)C1CCCNC1. The Hall–Kier alpha value is -0.860. The highest BCUT2D eigenvalue weighted by molar-refractivity contribution is 5.27. The second-order valence-electron chi connectivity index (χ2n) is 7.27. The maximum Gasteiger partial charge on any atom is 0.0143 e. The summed E-state index contributed by atoms with van der Waals surface area (Å²) in [5.41, 5.74) is 1.90. The van der Waals surface area contributed by atoms with Crippen molar-refractivity contribution >= 4 is 0 Å². The third kappa shape index (κ3) is 3.24. The Kier molecular flexibility index (Phi) is 4.13. The predicted molar refractivity (Wildman–Crippen MR) is 85.0 cm³/mol. The van der Waals surface area contributed by atoms with Gasteiger partial charge in [-0.05, 0) is 49.2 Å². The molecule has 2 N–H and O–H groups in total. The summed E-state index contributed by atoms with van der Waals surface area (Å²) in [6.07, 6.45) is 4.03. The molecule has 1 aromatic rings. The van der Waals surface area contributed by atoms with E-state index >= 15 is 0 Å². The lowest BCUT2D eigenvalue weighted by Gasteiger charge is -2.37. The molecule has 1 aliphatic carbocycles. The van der Waals surface area contributed by atoms with Crippen LogP contribution >= 0.6 is 0 Å². The van der Waals surface area contributed by atoms with E-state index in [9.17, 15) is 0 Å². The van der Waals surface area contributed by atoms with Crippen molar-refractivity contribution in [2.75, 3.05) is 19.6 Å². The molecule has 2 heteroatoms. The molecule has 0 radical (unpaired) electrons. The summed E-state index contributed by atoms with van der Waals surface area (Å²) in [6.45, 7) is 8.41. The Morgan fingerprint density at radius 2 is 2.05 bits per heavy atom. The first kappa shape index (κ1) is 14.1. The van der Waals surface area contributed by atoms with Crippen molar-refractivity contribution in [3.05, 3.63) is 35.9 Å². The first-order valence-electron chi connectivity index (χ1n) is 8.16. The zero-order valence-electron chi connectivity index (χ0n) is 12.9. The largest absolute Gasteiger partial charge is 0.316 e. The summed E-state index contributed by atoms with van der Waals surface area (Å²) in [4.78, 5) is 0. The van der Waals surface area contributed by atoms with Crippen LogP contribution in [0.15, 0.2) is 30.3 Å². The molecule has 0 bridgehead atoms. The Labute approximate surface area is 123 Å². The second kappa shape index (κ2) is 5.87. The highest BCUT2D eigenvalue weighted by Crippen LogP contribution is 2.41. The fourth-order valence-electron chi connectivity index (χ4n) is 3.55. The molecular formula is C18H28N2. The maximum atomic E-state index is 3.81. The Balaban J connectivity index is 1.48. The molecule has 3 unspecified atom stereocenters. The van der Waals surface area contributed by atoms with Crippen molar-refractivity contribution in [3.63, 3.8) is 0 Å². The summed E-state index contributed by atoms with van der Waals surface area (Å²) in [6, 6.07) is 11.6. The van der Waals surface area contributed by atoms with Crippen LogP contribution < -0.4 is 10.6 Å². The van der Waals surface area contributed by atoms with E-state index in [1.54, 1.807) is 0 Å². The quantitative estimate of drug-likeness (QED) is 0.860. The number of piperidine rings is 1. The highest BCUT2D eigenvalue weighted by atomic mass is 15.0. The molecule has 3 atom stereocenters. The van der Waals surface area contributed by atoms with Gasteiger partial charge in [-0.3, -0.25) is 0 Å². The van der Waals surface area contributed by atoms with Gasteiger partial charge < -0.3 is 10.6 Å². The summed E-state index contributed by atoms with van der Waals surface area (Å²) in [5.74, 6) is 1.56. The summed E-state index contributed by atoms with van der Waals surface area (Å²) in [7, 11) is 0. The zero-order chi connectivity index (χ0) is 14.0. The van der Waals surface area contributed by atoms with Gasteiger partial charge in [-0.1, -0.05) is 44.2 Å². The third-order valence-corrected chi connectivity index (χ3v) is 5.24. The Bertz CT molecular complexity index is 420. The first-order valence-corrected chi connectivity index (χ1v) is 8.16. The third-order valence-electron chi connectivity index (χ3n) is 5.24. The van der Waals surface area contributed by atoms with Gasteiger partial charge in [-0.25, -0.2) is 0 Å². The first-order chi connectivity index (χ1) is 9.67. The number of hydrogen-bond acceptors (Lipinski definition) is 2. The smallest absolute Gasteiger partial charge is 0.0143 e. The van der Waals surface area contributed by atoms with Crippen LogP contribution in [0.2, 0.25) is 0 Å². The molecule has 0 amide bonds. The Morgan fingerprint density at radius 1 is 1.25 bits per heavy atom. The van der Waals surface area contributed by atoms with E-state index in [2.05, 4.69) is 54.8 Å². The highest BCUT2D eigenvalue weighted by Gasteiger charge is 2.39. The van der Waals surface area contributed by atoms with Crippen LogP contribution in [0.1, 0.15) is 44.6 Å². The van der Waals surface area contributed by atoms with E-state index in [-0.39, 0.29) is 0 Å². The van der Waals surface area contributed by atoms with Crippen LogP contribution in [-0.2, 0) is 0 Å². The maximum absolute atomic E-state index is 3.81. The summed E-state index contributed by atoms with van der Waals surface area (Å²) < 4.78 is 0. The normalized spacial score (nSPS) is 30.2. The molecule has 2 aliphatic rings. The number of hydrogen-bond donors (Lipinski definition) is 2. The number of rotatable bonds is 5. The lowest BCUT2D eigenvalue weighted by atomic mass is 9.75. The van der Waals surface area contributed by atoms with E-state index in [0.717, 1.165) is 18.4 Å². The lowest BCUT2D eigenvalue weighted by Crippen LogP contribution is -2.44. The molecule has 20 heavy (non-hydrogen) atoms. The summed E-state index contributed by atoms with van der Waals surface area (Å²) >= 11 is 0. The van der Waals surface area contributed by atoms with Gasteiger partial charge in [0.1, 0.15) is 0 Å². The van der Waals surface area contributed by atoms with Crippen molar-refractivity contribution in [2.45, 2.75) is 45.1 Å². The van der Waals surface area contributed by atoms with Crippen molar-refractivity contribution in [1.29, 1.82) is 0 Å². The average molecular weight is 272 g/mol. The van der Waals surface area contributed by atoms with Crippen molar-refractivity contribution in [3.8, 4) is 0 Å². The summed E-state index contributed by atoms with van der Waals surface area (Å²) in [5, 5.41) is 7.37. The van der Waals surface area contributed by atoms with Gasteiger partial charge in [-0.15, -0.1) is 0 Å². The minimum atomic E-state index is 0.400. The molecule has 110 valence electrons.